The van der Waals surface area contributed by atoms with Gasteiger partial charge in [-0.05, 0) is 11.6 Å². The first-order valence-corrected chi connectivity index (χ1v) is 7.05. The van der Waals surface area contributed by atoms with E-state index in [1.165, 1.54) is 6.92 Å². The summed E-state index contributed by atoms with van der Waals surface area (Å²) in [5.41, 5.74) is 1.37. The summed E-state index contributed by atoms with van der Waals surface area (Å²) in [4.78, 5) is 23.7. The number of amides is 1. The number of nitrogens with one attached hydrogen (secondary N) is 1. The van der Waals surface area contributed by atoms with Crippen LogP contribution in [0.3, 0.4) is 0 Å². The second-order valence-corrected chi connectivity index (χ2v) is 5.18. The fourth-order valence-electron chi connectivity index (χ4n) is 2.17. The van der Waals surface area contributed by atoms with Crippen LogP contribution < -0.4 is 5.32 Å². The van der Waals surface area contributed by atoms with Crippen molar-refractivity contribution in [1.82, 2.24) is 5.32 Å². The predicted molar refractivity (Wildman–Crippen MR) is 83.4 cm³/mol. The first-order chi connectivity index (χ1) is 10.1. The number of carbonyl (C=O) groups is 2. The van der Waals surface area contributed by atoms with Gasteiger partial charge in [0.05, 0.1) is 6.04 Å². The highest BCUT2D eigenvalue weighted by Gasteiger charge is 2.20. The Morgan fingerprint density at radius 1 is 1.05 bits per heavy atom. The molecule has 0 fully saturated rings. The van der Waals surface area contributed by atoms with Crippen molar-refractivity contribution in [3.05, 3.63) is 70.7 Å². The maximum absolute atomic E-state index is 12.3. The zero-order valence-electron chi connectivity index (χ0n) is 11.7. The number of hydrogen-bond donors (Lipinski definition) is 1. The molecule has 2 aromatic carbocycles. The van der Waals surface area contributed by atoms with Gasteiger partial charge in [-0.25, -0.2) is 0 Å². The summed E-state index contributed by atoms with van der Waals surface area (Å²) in [7, 11) is 0. The van der Waals surface area contributed by atoms with E-state index in [-0.39, 0.29) is 18.1 Å². The van der Waals surface area contributed by atoms with Gasteiger partial charge in [0.25, 0.3) is 0 Å². The first-order valence-electron chi connectivity index (χ1n) is 6.67. The molecule has 0 unspecified atom stereocenters. The highest BCUT2D eigenvalue weighted by molar-refractivity contribution is 6.31. The molecule has 1 atom stereocenters. The Labute approximate surface area is 128 Å². The van der Waals surface area contributed by atoms with Crippen LogP contribution in [0.15, 0.2) is 54.6 Å². The molecule has 0 aliphatic rings. The first kappa shape index (κ1) is 15.3. The quantitative estimate of drug-likeness (QED) is 0.854. The van der Waals surface area contributed by atoms with E-state index in [0.29, 0.717) is 10.6 Å². The van der Waals surface area contributed by atoms with Crippen LogP contribution in [0.2, 0.25) is 5.02 Å². The van der Waals surface area contributed by atoms with E-state index in [4.69, 9.17) is 11.6 Å². The Kier molecular flexibility index (Phi) is 5.12. The summed E-state index contributed by atoms with van der Waals surface area (Å²) in [5.74, 6) is -0.227. The summed E-state index contributed by atoms with van der Waals surface area (Å²) in [6.07, 6.45) is 0.174. The predicted octanol–water partition coefficient (Wildman–Crippen LogP) is 3.79. The van der Waals surface area contributed by atoms with Crippen LogP contribution in [0.1, 0.15) is 35.3 Å². The number of rotatable bonds is 5. The van der Waals surface area contributed by atoms with Gasteiger partial charge < -0.3 is 5.32 Å². The molecular weight excluding hydrogens is 286 g/mol. The molecule has 108 valence electrons. The van der Waals surface area contributed by atoms with Crippen molar-refractivity contribution in [2.24, 2.45) is 0 Å². The Morgan fingerprint density at radius 3 is 2.29 bits per heavy atom. The monoisotopic (exact) mass is 301 g/mol. The van der Waals surface area contributed by atoms with Crippen molar-refractivity contribution in [3.63, 3.8) is 0 Å². The summed E-state index contributed by atoms with van der Waals surface area (Å²) < 4.78 is 0. The van der Waals surface area contributed by atoms with Gasteiger partial charge in [0.2, 0.25) is 5.91 Å². The molecular formula is C17H16ClNO2. The van der Waals surface area contributed by atoms with Crippen LogP contribution in [0, 0.1) is 0 Å². The largest absolute Gasteiger partial charge is 0.349 e. The molecule has 0 radical (unpaired) electrons. The lowest BCUT2D eigenvalue weighted by Crippen LogP contribution is -2.28. The van der Waals surface area contributed by atoms with Crippen LogP contribution in [0.4, 0.5) is 0 Å². The second kappa shape index (κ2) is 7.04. The second-order valence-electron chi connectivity index (χ2n) is 4.77. The maximum Gasteiger partial charge on any atom is 0.217 e. The summed E-state index contributed by atoms with van der Waals surface area (Å²) in [6, 6.07) is 15.8. The third-order valence-corrected chi connectivity index (χ3v) is 3.49. The van der Waals surface area contributed by atoms with E-state index in [1.807, 2.05) is 36.4 Å². The Morgan fingerprint density at radius 2 is 1.67 bits per heavy atom. The molecule has 0 heterocycles. The minimum absolute atomic E-state index is 0.0331. The van der Waals surface area contributed by atoms with E-state index in [9.17, 15) is 9.59 Å². The van der Waals surface area contributed by atoms with Crippen molar-refractivity contribution in [2.45, 2.75) is 19.4 Å². The number of hydrogen-bond acceptors (Lipinski definition) is 2. The van der Waals surface area contributed by atoms with Crippen molar-refractivity contribution in [2.75, 3.05) is 0 Å². The van der Waals surface area contributed by atoms with Gasteiger partial charge in [-0.3, -0.25) is 9.59 Å². The third kappa shape index (κ3) is 4.17. The van der Waals surface area contributed by atoms with Gasteiger partial charge in [-0.2, -0.15) is 0 Å². The molecule has 4 heteroatoms. The Balaban J connectivity index is 2.23. The number of ketones is 1. The van der Waals surface area contributed by atoms with E-state index in [1.54, 1.807) is 18.2 Å². The molecule has 21 heavy (non-hydrogen) atoms. The Bertz CT molecular complexity index is 640. The van der Waals surface area contributed by atoms with Crippen LogP contribution >= 0.6 is 11.6 Å². The lowest BCUT2D eigenvalue weighted by molar-refractivity contribution is -0.119. The molecule has 0 saturated carbocycles. The van der Waals surface area contributed by atoms with E-state index >= 15 is 0 Å². The zero-order chi connectivity index (χ0) is 15.2. The highest BCUT2D eigenvalue weighted by Crippen LogP contribution is 2.26. The van der Waals surface area contributed by atoms with Crippen LogP contribution in [0.5, 0.6) is 0 Å². The Hall–Kier alpha value is -2.13. The maximum atomic E-state index is 12.3. The standard InChI is InChI=1S/C17H16ClNO2/c1-12(20)19-16(14-9-5-6-10-15(14)18)11-17(21)13-7-3-2-4-8-13/h2-10,16H,11H2,1H3,(H,19,20)/t16-/m1/s1. The molecule has 0 bridgehead atoms. The van der Waals surface area contributed by atoms with Crippen molar-refractivity contribution in [3.8, 4) is 0 Å². The van der Waals surface area contributed by atoms with E-state index < -0.39 is 6.04 Å². The van der Waals surface area contributed by atoms with Gasteiger partial charge in [-0.15, -0.1) is 0 Å². The van der Waals surface area contributed by atoms with Crippen molar-refractivity contribution < 1.29 is 9.59 Å². The van der Waals surface area contributed by atoms with Crippen LogP contribution in [0.25, 0.3) is 0 Å². The lowest BCUT2D eigenvalue weighted by Gasteiger charge is -2.19. The topological polar surface area (TPSA) is 46.2 Å². The fraction of sp³-hybridized carbons (Fsp3) is 0.176. The number of benzene rings is 2. The summed E-state index contributed by atoms with van der Waals surface area (Å²) >= 11 is 6.17. The van der Waals surface area contributed by atoms with Crippen molar-refractivity contribution >= 4 is 23.3 Å². The molecule has 1 amide bonds. The minimum Gasteiger partial charge on any atom is -0.349 e. The highest BCUT2D eigenvalue weighted by atomic mass is 35.5. The normalized spacial score (nSPS) is 11.7. The number of halogens is 1. The smallest absolute Gasteiger partial charge is 0.217 e. The van der Waals surface area contributed by atoms with E-state index in [2.05, 4.69) is 5.32 Å². The molecule has 2 aromatic rings. The van der Waals surface area contributed by atoms with Crippen LogP contribution in [-0.2, 0) is 4.79 Å². The van der Waals surface area contributed by atoms with Crippen LogP contribution in [-0.4, -0.2) is 11.7 Å². The molecule has 3 nitrogen and oxygen atoms in total. The van der Waals surface area contributed by atoms with Gasteiger partial charge >= 0.3 is 0 Å². The summed E-state index contributed by atoms with van der Waals surface area (Å²) in [5, 5.41) is 3.33. The van der Waals surface area contributed by atoms with Gasteiger partial charge in [-0.1, -0.05) is 60.1 Å². The van der Waals surface area contributed by atoms with Gasteiger partial charge in [0.15, 0.2) is 5.78 Å². The fourth-order valence-corrected chi connectivity index (χ4v) is 2.44. The van der Waals surface area contributed by atoms with E-state index in [0.717, 1.165) is 5.56 Å². The minimum atomic E-state index is -0.427. The lowest BCUT2D eigenvalue weighted by atomic mass is 9.98. The zero-order valence-corrected chi connectivity index (χ0v) is 12.4. The molecule has 1 N–H and O–H groups in total. The number of Topliss-reactive ketones (excluding diaryl/α,β-unsaturated/α-hetero) is 1. The van der Waals surface area contributed by atoms with Crippen molar-refractivity contribution in [1.29, 1.82) is 0 Å². The average Bonchev–Trinajstić information content (AvgIpc) is 2.47. The summed E-state index contributed by atoms with van der Waals surface area (Å²) in [6.45, 7) is 1.43. The molecule has 0 aliphatic heterocycles. The van der Waals surface area contributed by atoms with Gasteiger partial charge in [0.1, 0.15) is 0 Å². The SMILES string of the molecule is CC(=O)N[C@H](CC(=O)c1ccccc1)c1ccccc1Cl. The van der Waals surface area contributed by atoms with Gasteiger partial charge in [0, 0.05) is 23.9 Å². The molecule has 0 saturated heterocycles. The molecule has 2 rings (SSSR count). The third-order valence-electron chi connectivity index (χ3n) is 3.14. The molecule has 0 spiro atoms. The average molecular weight is 302 g/mol. The number of carbonyl (C=O) groups excluding carboxylic acids is 2. The molecule has 0 aliphatic carbocycles. The molecule has 0 aromatic heterocycles.